The quantitative estimate of drug-likeness (QED) is 0.544. The highest BCUT2D eigenvalue weighted by Crippen LogP contribution is 2.25. The molecular weight excluding hydrogens is 204 g/mol. The molecule has 0 bridgehead atoms. The Labute approximate surface area is 96.9 Å². The van der Waals surface area contributed by atoms with Crippen LogP contribution in [-0.2, 0) is 14.3 Å². The van der Waals surface area contributed by atoms with Crippen LogP contribution in [0.25, 0.3) is 0 Å². The predicted octanol–water partition coefficient (Wildman–Crippen LogP) is 2.65. The maximum Gasteiger partial charge on any atom is 0.309 e. The van der Waals surface area contributed by atoms with Crippen LogP contribution in [0.5, 0.6) is 0 Å². The van der Waals surface area contributed by atoms with Crippen LogP contribution in [-0.4, -0.2) is 18.9 Å². The van der Waals surface area contributed by atoms with Crippen molar-refractivity contribution in [3.63, 3.8) is 0 Å². The zero-order valence-electron chi connectivity index (χ0n) is 10.1. The Balaban J connectivity index is 2.47. The summed E-state index contributed by atoms with van der Waals surface area (Å²) in [5.74, 6) is 0.0765. The molecule has 0 atom stereocenters. The van der Waals surface area contributed by atoms with Gasteiger partial charge in [0.15, 0.2) is 5.78 Å². The highest BCUT2D eigenvalue weighted by molar-refractivity contribution is 5.93. The molecule has 0 aliphatic heterocycles. The van der Waals surface area contributed by atoms with Crippen molar-refractivity contribution in [1.82, 2.24) is 0 Å². The molecule has 0 aromatic rings. The van der Waals surface area contributed by atoms with Crippen LogP contribution >= 0.6 is 0 Å². The molecule has 0 spiro atoms. The van der Waals surface area contributed by atoms with Crippen molar-refractivity contribution in [3.8, 4) is 0 Å². The van der Waals surface area contributed by atoms with Gasteiger partial charge in [0.2, 0.25) is 0 Å². The molecule has 0 unspecified atom stereocenters. The van der Waals surface area contributed by atoms with Crippen LogP contribution in [0, 0.1) is 5.92 Å². The summed E-state index contributed by atoms with van der Waals surface area (Å²) in [4.78, 5) is 22.9. The number of ether oxygens (including phenoxy) is 1. The molecule has 1 aliphatic carbocycles. The summed E-state index contributed by atoms with van der Waals surface area (Å²) in [6, 6.07) is 0. The van der Waals surface area contributed by atoms with Gasteiger partial charge in [-0.15, -0.1) is 0 Å². The van der Waals surface area contributed by atoms with Crippen molar-refractivity contribution in [2.24, 2.45) is 5.92 Å². The number of esters is 1. The van der Waals surface area contributed by atoms with E-state index in [9.17, 15) is 9.59 Å². The van der Waals surface area contributed by atoms with Crippen molar-refractivity contribution >= 4 is 11.8 Å². The topological polar surface area (TPSA) is 43.4 Å². The third-order valence-corrected chi connectivity index (χ3v) is 3.05. The number of allylic oxidation sites excluding steroid dienone is 1. The molecule has 1 rings (SSSR count). The molecule has 1 fully saturated rings. The van der Waals surface area contributed by atoms with E-state index in [0.717, 1.165) is 31.3 Å². The molecule has 1 aliphatic rings. The zero-order valence-corrected chi connectivity index (χ0v) is 10.1. The van der Waals surface area contributed by atoms with E-state index in [2.05, 4.69) is 4.74 Å². The second-order valence-electron chi connectivity index (χ2n) is 4.48. The van der Waals surface area contributed by atoms with Crippen LogP contribution in [0.3, 0.4) is 0 Å². The van der Waals surface area contributed by atoms with E-state index < -0.39 is 0 Å². The molecule has 90 valence electrons. The molecule has 1 saturated carbocycles. The third kappa shape index (κ3) is 4.17. The molecule has 0 saturated heterocycles. The Morgan fingerprint density at radius 3 is 2.44 bits per heavy atom. The highest BCUT2D eigenvalue weighted by Gasteiger charge is 2.19. The van der Waals surface area contributed by atoms with Crippen LogP contribution in [0.1, 0.15) is 45.4 Å². The Hall–Kier alpha value is -1.12. The van der Waals surface area contributed by atoms with Gasteiger partial charge in [-0.3, -0.25) is 9.59 Å². The summed E-state index contributed by atoms with van der Waals surface area (Å²) in [5, 5.41) is 0. The van der Waals surface area contributed by atoms with E-state index >= 15 is 0 Å². The van der Waals surface area contributed by atoms with E-state index in [-0.39, 0.29) is 24.1 Å². The van der Waals surface area contributed by atoms with Gasteiger partial charge in [0.25, 0.3) is 0 Å². The Morgan fingerprint density at radius 1 is 1.25 bits per heavy atom. The maximum atomic E-state index is 11.8. The summed E-state index contributed by atoms with van der Waals surface area (Å²) in [6.07, 6.45) is 7.39. The smallest absolute Gasteiger partial charge is 0.309 e. The average molecular weight is 224 g/mol. The van der Waals surface area contributed by atoms with Crippen molar-refractivity contribution in [3.05, 3.63) is 11.6 Å². The second-order valence-corrected chi connectivity index (χ2v) is 4.48. The first kappa shape index (κ1) is 12.9. The highest BCUT2D eigenvalue weighted by atomic mass is 16.5. The summed E-state index contributed by atoms with van der Waals surface area (Å²) in [5.41, 5.74) is 0.794. The van der Waals surface area contributed by atoms with Crippen LogP contribution < -0.4 is 0 Å². The van der Waals surface area contributed by atoms with Gasteiger partial charge in [-0.2, -0.15) is 0 Å². The van der Waals surface area contributed by atoms with Gasteiger partial charge in [0.05, 0.1) is 13.5 Å². The predicted molar refractivity (Wildman–Crippen MR) is 62.0 cm³/mol. The van der Waals surface area contributed by atoms with Gasteiger partial charge in [-0.1, -0.05) is 24.8 Å². The van der Waals surface area contributed by atoms with Gasteiger partial charge in [0, 0.05) is 5.92 Å². The lowest BCUT2D eigenvalue weighted by atomic mass is 9.85. The summed E-state index contributed by atoms with van der Waals surface area (Å²) >= 11 is 0. The molecule has 0 aromatic heterocycles. The molecule has 0 heterocycles. The van der Waals surface area contributed by atoms with Gasteiger partial charge in [0.1, 0.15) is 0 Å². The minimum atomic E-state index is -0.287. The van der Waals surface area contributed by atoms with Gasteiger partial charge in [-0.05, 0) is 25.8 Å². The molecule has 0 radical (unpaired) electrons. The first-order valence-corrected chi connectivity index (χ1v) is 5.91. The lowest BCUT2D eigenvalue weighted by Crippen LogP contribution is -2.16. The van der Waals surface area contributed by atoms with E-state index in [1.165, 1.54) is 13.5 Å². The number of methoxy groups -OCH3 is 1. The first-order valence-electron chi connectivity index (χ1n) is 5.91. The Kier molecular flexibility index (Phi) is 5.23. The second kappa shape index (κ2) is 6.46. The van der Waals surface area contributed by atoms with Crippen molar-refractivity contribution in [2.75, 3.05) is 7.11 Å². The summed E-state index contributed by atoms with van der Waals surface area (Å²) in [7, 11) is 1.36. The van der Waals surface area contributed by atoms with Gasteiger partial charge < -0.3 is 4.74 Å². The number of ketones is 1. The van der Waals surface area contributed by atoms with Crippen molar-refractivity contribution < 1.29 is 14.3 Å². The molecule has 3 heteroatoms. The molecular formula is C13H20O3. The van der Waals surface area contributed by atoms with Gasteiger partial charge in [-0.25, -0.2) is 0 Å². The van der Waals surface area contributed by atoms with Crippen LogP contribution in [0.15, 0.2) is 11.6 Å². The Morgan fingerprint density at radius 2 is 1.88 bits per heavy atom. The number of hydrogen-bond donors (Lipinski definition) is 0. The van der Waals surface area contributed by atoms with Crippen molar-refractivity contribution in [2.45, 2.75) is 45.4 Å². The number of carbonyl (C=O) groups is 2. The molecule has 16 heavy (non-hydrogen) atoms. The molecule has 0 amide bonds. The number of rotatable bonds is 4. The lowest BCUT2D eigenvalue weighted by Gasteiger charge is -2.18. The standard InChI is InChI=1S/C13H20O3/c1-10(9-13(15)16-2)8-12(14)11-6-4-3-5-7-11/h8,11H,3-7,9H2,1-2H3. The fourth-order valence-corrected chi connectivity index (χ4v) is 2.10. The maximum absolute atomic E-state index is 11.8. The largest absolute Gasteiger partial charge is 0.469 e. The van der Waals surface area contributed by atoms with Crippen LogP contribution in [0.2, 0.25) is 0 Å². The van der Waals surface area contributed by atoms with E-state index in [1.807, 2.05) is 0 Å². The molecule has 0 N–H and O–H groups in total. The van der Waals surface area contributed by atoms with E-state index in [4.69, 9.17) is 0 Å². The van der Waals surface area contributed by atoms with Gasteiger partial charge >= 0.3 is 5.97 Å². The number of hydrogen-bond acceptors (Lipinski definition) is 3. The fraction of sp³-hybridized carbons (Fsp3) is 0.692. The normalized spacial score (nSPS) is 18.2. The first-order chi connectivity index (χ1) is 7.63. The van der Waals surface area contributed by atoms with Crippen molar-refractivity contribution in [1.29, 1.82) is 0 Å². The SMILES string of the molecule is COC(=O)CC(C)=CC(=O)C1CCCCC1. The number of carbonyl (C=O) groups excluding carboxylic acids is 2. The average Bonchev–Trinajstić information content (AvgIpc) is 2.29. The third-order valence-electron chi connectivity index (χ3n) is 3.05. The summed E-state index contributed by atoms with van der Waals surface area (Å²) in [6.45, 7) is 1.80. The lowest BCUT2D eigenvalue weighted by molar-refractivity contribution is -0.139. The Bertz CT molecular complexity index is 286. The summed E-state index contributed by atoms with van der Waals surface area (Å²) < 4.78 is 4.56. The minimum absolute atomic E-state index is 0.182. The minimum Gasteiger partial charge on any atom is -0.469 e. The van der Waals surface area contributed by atoms with E-state index in [0.29, 0.717) is 0 Å². The monoisotopic (exact) mass is 224 g/mol. The zero-order chi connectivity index (χ0) is 12.0. The fourth-order valence-electron chi connectivity index (χ4n) is 2.10. The van der Waals surface area contributed by atoms with Crippen LogP contribution in [0.4, 0.5) is 0 Å². The molecule has 0 aromatic carbocycles. The van der Waals surface area contributed by atoms with E-state index in [1.54, 1.807) is 13.0 Å². The molecule has 3 nitrogen and oxygen atoms in total.